The summed E-state index contributed by atoms with van der Waals surface area (Å²) in [6.07, 6.45) is 1.43. The second-order valence-electron chi connectivity index (χ2n) is 5.62. The van der Waals surface area contributed by atoms with Crippen LogP contribution in [0.15, 0.2) is 93.3 Å². The third-order valence-electron chi connectivity index (χ3n) is 3.63. The normalized spacial score (nSPS) is 11.4. The number of ether oxygens (including phenoxy) is 1. The van der Waals surface area contributed by atoms with Crippen molar-refractivity contribution in [2.75, 3.05) is 0 Å². The van der Waals surface area contributed by atoms with Crippen molar-refractivity contribution >= 4 is 32.2 Å². The Kier molecular flexibility index (Phi) is 6.26. The van der Waals surface area contributed by atoms with Crippen molar-refractivity contribution in [3.63, 3.8) is 0 Å². The molecular formula is C20H17BrN2O3S. The zero-order valence-electron chi connectivity index (χ0n) is 14.2. The molecule has 0 bridgehead atoms. The largest absolute Gasteiger partial charge is 0.488 e. The lowest BCUT2D eigenvalue weighted by molar-refractivity contribution is 0.305. The van der Waals surface area contributed by atoms with E-state index in [4.69, 9.17) is 4.74 Å². The molecule has 1 N–H and O–H groups in total. The Balaban J connectivity index is 1.69. The van der Waals surface area contributed by atoms with Crippen molar-refractivity contribution in [1.29, 1.82) is 0 Å². The highest BCUT2D eigenvalue weighted by molar-refractivity contribution is 9.10. The number of nitrogens with one attached hydrogen (secondary N) is 1. The highest BCUT2D eigenvalue weighted by Gasteiger charge is 2.11. The summed E-state index contributed by atoms with van der Waals surface area (Å²) in [4.78, 5) is 2.37. The Morgan fingerprint density at radius 3 is 2.48 bits per heavy atom. The molecule has 0 amide bonds. The molecule has 0 spiro atoms. The topological polar surface area (TPSA) is 67.8 Å². The van der Waals surface area contributed by atoms with Gasteiger partial charge in [0.2, 0.25) is 0 Å². The van der Waals surface area contributed by atoms with E-state index in [1.165, 1.54) is 18.3 Å². The average Bonchev–Trinajstić information content (AvgIpc) is 2.68. The average molecular weight is 445 g/mol. The van der Waals surface area contributed by atoms with Crippen LogP contribution in [0.4, 0.5) is 0 Å². The van der Waals surface area contributed by atoms with E-state index in [0.29, 0.717) is 17.9 Å². The van der Waals surface area contributed by atoms with E-state index >= 15 is 0 Å². The van der Waals surface area contributed by atoms with Gasteiger partial charge in [0, 0.05) is 10.0 Å². The van der Waals surface area contributed by atoms with Gasteiger partial charge in [0.05, 0.1) is 11.1 Å². The second-order valence-corrected chi connectivity index (χ2v) is 8.20. The fraction of sp³-hybridized carbons (Fsp3) is 0.0500. The van der Waals surface area contributed by atoms with Gasteiger partial charge in [0.25, 0.3) is 10.0 Å². The summed E-state index contributed by atoms with van der Waals surface area (Å²) < 4.78 is 31.2. The first kappa shape index (κ1) is 19.1. The molecule has 3 aromatic rings. The number of hydrogen-bond donors (Lipinski definition) is 1. The van der Waals surface area contributed by atoms with E-state index < -0.39 is 10.0 Å². The third kappa shape index (κ3) is 5.42. The molecule has 5 nitrogen and oxygen atoms in total. The molecule has 0 atom stereocenters. The molecule has 0 unspecified atom stereocenters. The van der Waals surface area contributed by atoms with E-state index in [0.717, 1.165) is 10.0 Å². The summed E-state index contributed by atoms with van der Waals surface area (Å²) >= 11 is 3.43. The maximum atomic E-state index is 12.2. The van der Waals surface area contributed by atoms with Crippen molar-refractivity contribution < 1.29 is 13.2 Å². The van der Waals surface area contributed by atoms with Crippen LogP contribution in [-0.2, 0) is 16.6 Å². The van der Waals surface area contributed by atoms with Crippen molar-refractivity contribution in [2.45, 2.75) is 11.5 Å². The zero-order chi connectivity index (χ0) is 19.1. The fourth-order valence-electron chi connectivity index (χ4n) is 2.32. The van der Waals surface area contributed by atoms with Crippen molar-refractivity contribution in [1.82, 2.24) is 4.83 Å². The number of hydrazone groups is 1. The SMILES string of the molecule is O=S(=O)(N/N=C/c1ccccc1OCc1cccc(Br)c1)c1ccccc1. The number of para-hydroxylation sites is 1. The van der Waals surface area contributed by atoms with E-state index in [1.807, 2.05) is 42.5 Å². The number of rotatable bonds is 7. The van der Waals surface area contributed by atoms with Crippen LogP contribution < -0.4 is 9.57 Å². The monoisotopic (exact) mass is 444 g/mol. The highest BCUT2D eigenvalue weighted by Crippen LogP contribution is 2.19. The van der Waals surface area contributed by atoms with E-state index in [9.17, 15) is 8.42 Å². The van der Waals surface area contributed by atoms with Crippen molar-refractivity contribution in [2.24, 2.45) is 5.10 Å². The van der Waals surface area contributed by atoms with Gasteiger partial charge in [-0.15, -0.1) is 0 Å². The summed E-state index contributed by atoms with van der Waals surface area (Å²) in [7, 11) is -3.70. The number of hydrogen-bond acceptors (Lipinski definition) is 4. The number of benzene rings is 3. The van der Waals surface area contributed by atoms with Gasteiger partial charge >= 0.3 is 0 Å². The van der Waals surface area contributed by atoms with Gasteiger partial charge in [-0.05, 0) is 42.0 Å². The van der Waals surface area contributed by atoms with E-state index in [2.05, 4.69) is 25.9 Å². The van der Waals surface area contributed by atoms with Crippen molar-refractivity contribution in [3.05, 3.63) is 94.5 Å². The Labute approximate surface area is 166 Å². The number of sulfonamides is 1. The standard InChI is InChI=1S/C20H17BrN2O3S/c21-18-9-6-7-16(13-18)15-26-20-12-5-4-8-17(20)14-22-23-27(24,25)19-10-2-1-3-11-19/h1-14,23H,15H2/b22-14+. The van der Waals surface area contributed by atoms with Gasteiger partial charge in [0.1, 0.15) is 12.4 Å². The molecule has 7 heteroatoms. The Morgan fingerprint density at radius 1 is 0.963 bits per heavy atom. The summed E-state index contributed by atoms with van der Waals surface area (Å²) in [5.41, 5.74) is 1.68. The summed E-state index contributed by atoms with van der Waals surface area (Å²) in [5, 5.41) is 3.87. The number of halogens is 1. The molecule has 0 saturated carbocycles. The second kappa shape index (κ2) is 8.83. The van der Waals surface area contributed by atoms with Gasteiger partial charge in [-0.2, -0.15) is 13.5 Å². The van der Waals surface area contributed by atoms with Crippen LogP contribution in [0, 0.1) is 0 Å². The first-order chi connectivity index (χ1) is 13.0. The van der Waals surface area contributed by atoms with Crippen molar-refractivity contribution in [3.8, 4) is 5.75 Å². The highest BCUT2D eigenvalue weighted by atomic mass is 79.9. The summed E-state index contributed by atoms with van der Waals surface area (Å²) in [6.45, 7) is 0.389. The van der Waals surface area contributed by atoms with Gasteiger partial charge in [-0.25, -0.2) is 4.83 Å². The maximum Gasteiger partial charge on any atom is 0.276 e. The lowest BCUT2D eigenvalue weighted by atomic mass is 10.2. The lowest BCUT2D eigenvalue weighted by Crippen LogP contribution is -2.18. The summed E-state index contributed by atoms with van der Waals surface area (Å²) in [5.74, 6) is 0.611. The molecule has 0 radical (unpaired) electrons. The van der Waals surface area contributed by atoms with Crippen LogP contribution in [0.1, 0.15) is 11.1 Å². The molecule has 3 rings (SSSR count). The molecule has 0 aliphatic heterocycles. The molecule has 0 fully saturated rings. The smallest absolute Gasteiger partial charge is 0.276 e. The molecule has 3 aromatic carbocycles. The summed E-state index contributed by atoms with van der Waals surface area (Å²) in [6, 6.07) is 23.2. The third-order valence-corrected chi connectivity index (χ3v) is 5.36. The van der Waals surface area contributed by atoms with Crippen LogP contribution in [-0.4, -0.2) is 14.6 Å². The van der Waals surface area contributed by atoms with Crippen LogP contribution in [0.25, 0.3) is 0 Å². The zero-order valence-corrected chi connectivity index (χ0v) is 16.7. The van der Waals surface area contributed by atoms with Crippen LogP contribution in [0.2, 0.25) is 0 Å². The van der Waals surface area contributed by atoms with Gasteiger partial charge in [0.15, 0.2) is 0 Å². The molecule has 27 heavy (non-hydrogen) atoms. The Bertz CT molecular complexity index is 1040. The van der Waals surface area contributed by atoms with Gasteiger partial charge in [-0.1, -0.05) is 58.4 Å². The molecule has 0 saturated heterocycles. The number of nitrogens with zero attached hydrogens (tertiary/aromatic N) is 1. The van der Waals surface area contributed by atoms with Gasteiger partial charge in [-0.3, -0.25) is 0 Å². The van der Waals surface area contributed by atoms with Crippen LogP contribution in [0.5, 0.6) is 5.75 Å². The van der Waals surface area contributed by atoms with E-state index in [1.54, 1.807) is 24.3 Å². The lowest BCUT2D eigenvalue weighted by Gasteiger charge is -2.09. The first-order valence-corrected chi connectivity index (χ1v) is 10.4. The fourth-order valence-corrected chi connectivity index (χ4v) is 3.58. The molecule has 0 aliphatic rings. The first-order valence-electron chi connectivity index (χ1n) is 8.11. The van der Waals surface area contributed by atoms with E-state index in [-0.39, 0.29) is 4.90 Å². The Morgan fingerprint density at radius 2 is 1.70 bits per heavy atom. The molecule has 0 heterocycles. The maximum absolute atomic E-state index is 12.2. The molecule has 0 aromatic heterocycles. The quantitative estimate of drug-likeness (QED) is 0.435. The van der Waals surface area contributed by atoms with Gasteiger partial charge < -0.3 is 4.74 Å². The molecule has 0 aliphatic carbocycles. The van der Waals surface area contributed by atoms with Crippen LogP contribution in [0.3, 0.4) is 0 Å². The van der Waals surface area contributed by atoms with Crippen LogP contribution >= 0.6 is 15.9 Å². The minimum absolute atomic E-state index is 0.154. The molecule has 138 valence electrons. The molecular weight excluding hydrogens is 428 g/mol. The minimum atomic E-state index is -3.70. The minimum Gasteiger partial charge on any atom is -0.488 e. The Hall–Kier alpha value is -2.64. The predicted molar refractivity (Wildman–Crippen MR) is 109 cm³/mol. The predicted octanol–water partition coefficient (Wildman–Crippen LogP) is 4.34.